The van der Waals surface area contributed by atoms with Crippen LogP contribution in [0.1, 0.15) is 26.8 Å². The zero-order valence-corrected chi connectivity index (χ0v) is 9.75. The van der Waals surface area contributed by atoms with Gasteiger partial charge in [-0.3, -0.25) is 5.01 Å². The predicted octanol–water partition coefficient (Wildman–Crippen LogP) is 1.11. The van der Waals surface area contributed by atoms with E-state index in [1.54, 1.807) is 11.3 Å². The van der Waals surface area contributed by atoms with Crippen molar-refractivity contribution in [1.82, 2.24) is 19.5 Å². The molecule has 0 radical (unpaired) electrons. The quantitative estimate of drug-likeness (QED) is 0.619. The second-order valence-corrected chi connectivity index (χ2v) is 3.90. The van der Waals surface area contributed by atoms with Crippen LogP contribution in [0.2, 0.25) is 0 Å². The van der Waals surface area contributed by atoms with Crippen molar-refractivity contribution in [2.24, 2.45) is 5.84 Å². The maximum atomic E-state index is 5.84. The van der Waals surface area contributed by atoms with E-state index < -0.39 is 0 Å². The van der Waals surface area contributed by atoms with Crippen molar-refractivity contribution >= 4 is 17.0 Å². The Kier molecular flexibility index (Phi) is 2.74. The average Bonchev–Trinajstić information content (AvgIpc) is 2.71. The summed E-state index contributed by atoms with van der Waals surface area (Å²) < 4.78 is 2.00. The monoisotopic (exact) mass is 220 g/mol. The highest BCUT2D eigenvalue weighted by Crippen LogP contribution is 2.21. The summed E-state index contributed by atoms with van der Waals surface area (Å²) in [7, 11) is 0. The molecule has 6 nitrogen and oxygen atoms in total. The largest absolute Gasteiger partial charge is 0.313 e. The molecular formula is C10H16N6. The van der Waals surface area contributed by atoms with Crippen LogP contribution in [-0.4, -0.2) is 26.1 Å². The third-order valence-corrected chi connectivity index (χ3v) is 2.51. The molecule has 16 heavy (non-hydrogen) atoms. The minimum atomic E-state index is 0.320. The Labute approximate surface area is 94.1 Å². The van der Waals surface area contributed by atoms with E-state index in [4.69, 9.17) is 5.84 Å². The van der Waals surface area contributed by atoms with Gasteiger partial charge in [-0.05, 0) is 20.8 Å². The second kappa shape index (κ2) is 4.05. The number of imidazole rings is 1. The minimum Gasteiger partial charge on any atom is -0.313 e. The lowest BCUT2D eigenvalue weighted by molar-refractivity contribution is 0.612. The van der Waals surface area contributed by atoms with Crippen LogP contribution in [0.5, 0.6) is 0 Å². The van der Waals surface area contributed by atoms with Crippen molar-refractivity contribution < 1.29 is 0 Å². The van der Waals surface area contributed by atoms with Crippen molar-refractivity contribution in [3.63, 3.8) is 0 Å². The third kappa shape index (κ3) is 1.61. The summed E-state index contributed by atoms with van der Waals surface area (Å²) >= 11 is 0. The van der Waals surface area contributed by atoms with Gasteiger partial charge in [-0.15, -0.1) is 0 Å². The van der Waals surface area contributed by atoms with Crippen molar-refractivity contribution in [3.8, 4) is 0 Å². The van der Waals surface area contributed by atoms with Gasteiger partial charge in [0.05, 0.1) is 6.33 Å². The summed E-state index contributed by atoms with van der Waals surface area (Å²) in [5, 5.41) is 1.57. The van der Waals surface area contributed by atoms with Crippen molar-refractivity contribution in [1.29, 1.82) is 0 Å². The first kappa shape index (κ1) is 10.8. The fourth-order valence-corrected chi connectivity index (χ4v) is 1.58. The molecule has 2 N–H and O–H groups in total. The van der Waals surface area contributed by atoms with Gasteiger partial charge in [-0.1, -0.05) is 0 Å². The van der Waals surface area contributed by atoms with E-state index in [-0.39, 0.29) is 0 Å². The molecule has 0 bridgehead atoms. The number of anilines is 1. The standard InChI is InChI=1S/C10H16N6/c1-4-16(11)10-8-9(12-5-13-10)15(6-14-8)7(2)3/h5-7H,4,11H2,1-3H3. The molecule has 2 aromatic heterocycles. The van der Waals surface area contributed by atoms with Crippen LogP contribution in [0.15, 0.2) is 12.7 Å². The summed E-state index contributed by atoms with van der Waals surface area (Å²) in [4.78, 5) is 12.7. The zero-order chi connectivity index (χ0) is 11.7. The van der Waals surface area contributed by atoms with Crippen LogP contribution in [-0.2, 0) is 0 Å². The zero-order valence-electron chi connectivity index (χ0n) is 9.75. The van der Waals surface area contributed by atoms with Gasteiger partial charge >= 0.3 is 0 Å². The number of hydrogen-bond donors (Lipinski definition) is 1. The Balaban J connectivity index is 2.62. The molecular weight excluding hydrogens is 204 g/mol. The molecule has 0 aliphatic heterocycles. The Bertz CT molecular complexity index is 489. The second-order valence-electron chi connectivity index (χ2n) is 3.90. The van der Waals surface area contributed by atoms with E-state index in [1.165, 1.54) is 6.33 Å². The van der Waals surface area contributed by atoms with Crippen molar-refractivity contribution in [2.45, 2.75) is 26.8 Å². The number of fused-ring (bicyclic) bond motifs is 1. The Morgan fingerprint density at radius 2 is 2.12 bits per heavy atom. The highest BCUT2D eigenvalue weighted by Gasteiger charge is 2.13. The fourth-order valence-electron chi connectivity index (χ4n) is 1.58. The van der Waals surface area contributed by atoms with Crippen LogP contribution in [0.25, 0.3) is 11.2 Å². The van der Waals surface area contributed by atoms with Crippen LogP contribution in [0.3, 0.4) is 0 Å². The summed E-state index contributed by atoms with van der Waals surface area (Å²) in [5.41, 5.74) is 1.57. The van der Waals surface area contributed by atoms with Gasteiger partial charge in [-0.25, -0.2) is 20.8 Å². The van der Waals surface area contributed by atoms with Gasteiger partial charge in [0.25, 0.3) is 0 Å². The molecule has 0 saturated carbocycles. The molecule has 86 valence electrons. The maximum Gasteiger partial charge on any atom is 0.174 e. The lowest BCUT2D eigenvalue weighted by atomic mass is 10.4. The molecule has 0 aliphatic carbocycles. The summed E-state index contributed by atoms with van der Waals surface area (Å²) in [5.74, 6) is 6.51. The molecule has 6 heteroatoms. The van der Waals surface area contributed by atoms with Gasteiger partial charge in [0.2, 0.25) is 0 Å². The number of nitrogens with two attached hydrogens (primary N) is 1. The van der Waals surface area contributed by atoms with Gasteiger partial charge in [0, 0.05) is 12.6 Å². The van der Waals surface area contributed by atoms with Gasteiger partial charge in [0.1, 0.15) is 6.33 Å². The Morgan fingerprint density at radius 3 is 2.75 bits per heavy atom. The van der Waals surface area contributed by atoms with Crippen molar-refractivity contribution in [2.75, 3.05) is 11.6 Å². The molecule has 0 atom stereocenters. The van der Waals surface area contributed by atoms with E-state index in [1.807, 2.05) is 11.5 Å². The SMILES string of the molecule is CCN(N)c1ncnc2c1ncn2C(C)C. The number of nitrogens with zero attached hydrogens (tertiary/aromatic N) is 5. The minimum absolute atomic E-state index is 0.320. The lowest BCUT2D eigenvalue weighted by Crippen LogP contribution is -2.31. The molecule has 0 aromatic carbocycles. The first-order valence-corrected chi connectivity index (χ1v) is 5.35. The van der Waals surface area contributed by atoms with E-state index in [2.05, 4.69) is 28.8 Å². The molecule has 2 heterocycles. The molecule has 0 unspecified atom stereocenters. The third-order valence-electron chi connectivity index (χ3n) is 2.51. The summed E-state index contributed by atoms with van der Waals surface area (Å²) in [6, 6.07) is 0.320. The predicted molar refractivity (Wildman–Crippen MR) is 62.9 cm³/mol. The van der Waals surface area contributed by atoms with Crippen LogP contribution in [0, 0.1) is 0 Å². The fraction of sp³-hybridized carbons (Fsp3) is 0.500. The average molecular weight is 220 g/mol. The Morgan fingerprint density at radius 1 is 1.38 bits per heavy atom. The molecule has 2 aromatic rings. The molecule has 0 spiro atoms. The van der Waals surface area contributed by atoms with Gasteiger partial charge in [-0.2, -0.15) is 0 Å². The number of aromatic nitrogens is 4. The van der Waals surface area contributed by atoms with E-state index in [9.17, 15) is 0 Å². The Hall–Kier alpha value is -1.69. The normalized spacial score (nSPS) is 11.3. The lowest BCUT2D eigenvalue weighted by Gasteiger charge is -2.15. The highest BCUT2D eigenvalue weighted by molar-refractivity contribution is 5.83. The van der Waals surface area contributed by atoms with Crippen LogP contribution < -0.4 is 10.9 Å². The van der Waals surface area contributed by atoms with Crippen LogP contribution >= 0.6 is 0 Å². The number of hydrazine groups is 1. The molecule has 0 aliphatic rings. The smallest absolute Gasteiger partial charge is 0.174 e. The topological polar surface area (TPSA) is 72.9 Å². The summed E-state index contributed by atoms with van der Waals surface area (Å²) in [6.07, 6.45) is 3.30. The first-order chi connectivity index (χ1) is 7.65. The van der Waals surface area contributed by atoms with Gasteiger partial charge in [0.15, 0.2) is 17.0 Å². The highest BCUT2D eigenvalue weighted by atomic mass is 15.4. The van der Waals surface area contributed by atoms with Crippen LogP contribution in [0.4, 0.5) is 5.82 Å². The van der Waals surface area contributed by atoms with Crippen molar-refractivity contribution in [3.05, 3.63) is 12.7 Å². The molecule has 0 amide bonds. The summed E-state index contributed by atoms with van der Waals surface area (Å²) in [6.45, 7) is 6.82. The molecule has 2 rings (SSSR count). The number of rotatable bonds is 3. The van der Waals surface area contributed by atoms with E-state index in [0.717, 1.165) is 11.2 Å². The van der Waals surface area contributed by atoms with Gasteiger partial charge < -0.3 is 4.57 Å². The molecule has 0 fully saturated rings. The van der Waals surface area contributed by atoms with E-state index in [0.29, 0.717) is 18.4 Å². The number of hydrogen-bond acceptors (Lipinski definition) is 5. The maximum absolute atomic E-state index is 5.84. The first-order valence-electron chi connectivity index (χ1n) is 5.35. The molecule has 0 saturated heterocycles. The van der Waals surface area contributed by atoms with E-state index >= 15 is 0 Å².